The van der Waals surface area contributed by atoms with Crippen LogP contribution in [0.25, 0.3) is 0 Å². The normalized spacial score (nSPS) is 10.0. The summed E-state index contributed by atoms with van der Waals surface area (Å²) in [5.41, 5.74) is 2.24. The van der Waals surface area contributed by atoms with Gasteiger partial charge in [-0.1, -0.05) is 5.23 Å². The fourth-order valence-corrected chi connectivity index (χ4v) is 0.132. The number of hydrogen-bond donors (Lipinski definition) is 2. The van der Waals surface area contributed by atoms with Crippen LogP contribution in [0.2, 0.25) is 0 Å². The topological polar surface area (TPSA) is 44.7 Å². The molecular weight excluding hydrogens is 84.0 g/mol. The molecule has 0 saturated heterocycles. The van der Waals surface area contributed by atoms with E-state index in [4.69, 9.17) is 5.21 Å². The van der Waals surface area contributed by atoms with Crippen LogP contribution in [0.15, 0.2) is 0 Å². The Morgan fingerprint density at radius 1 is 1.83 bits per heavy atom. The minimum absolute atomic E-state index is 0.569. The fraction of sp³-hybridized carbons (Fsp3) is 1.00. The highest BCUT2D eigenvalue weighted by atomic mass is 17.0. The summed E-state index contributed by atoms with van der Waals surface area (Å²) >= 11 is 0. The van der Waals surface area contributed by atoms with Gasteiger partial charge in [0.05, 0.1) is 0 Å². The largest absolute Gasteiger partial charge is 0.288 e. The predicted molar refractivity (Wildman–Crippen MR) is 19.7 cm³/mol. The van der Waals surface area contributed by atoms with E-state index >= 15 is 0 Å². The van der Waals surface area contributed by atoms with Gasteiger partial charge in [0, 0.05) is 14.1 Å². The molecule has 0 atom stereocenters. The molecule has 2 N–H and O–H groups in total. The van der Waals surface area contributed by atoms with Gasteiger partial charge in [-0.3, -0.25) is 5.21 Å². The first kappa shape index (κ1) is 5.84. The Labute approximate surface area is 36.2 Å². The Balaban J connectivity index is 2.63. The van der Waals surface area contributed by atoms with Crippen molar-refractivity contribution in [1.82, 2.24) is 10.7 Å². The van der Waals surface area contributed by atoms with E-state index in [2.05, 4.69) is 10.4 Å². The van der Waals surface area contributed by atoms with E-state index in [1.54, 1.807) is 7.05 Å². The van der Waals surface area contributed by atoms with Crippen molar-refractivity contribution < 1.29 is 10.1 Å². The molecule has 0 aromatic rings. The first-order chi connectivity index (χ1) is 2.77. The summed E-state index contributed by atoms with van der Waals surface area (Å²) in [6, 6.07) is 0. The van der Waals surface area contributed by atoms with Crippen LogP contribution < -0.4 is 5.48 Å². The maximum Gasteiger partial charge on any atom is 0.0421 e. The second kappa shape index (κ2) is 3.05. The highest BCUT2D eigenvalue weighted by Crippen LogP contribution is 1.63. The summed E-state index contributed by atoms with van der Waals surface area (Å²) in [5.74, 6) is 0. The van der Waals surface area contributed by atoms with Gasteiger partial charge >= 0.3 is 0 Å². The van der Waals surface area contributed by atoms with Crippen molar-refractivity contribution in [2.75, 3.05) is 14.1 Å². The van der Waals surface area contributed by atoms with Crippen LogP contribution in [0.5, 0.6) is 0 Å². The van der Waals surface area contributed by atoms with E-state index in [1.807, 2.05) is 0 Å². The van der Waals surface area contributed by atoms with E-state index in [9.17, 15) is 0 Å². The zero-order valence-electron chi connectivity index (χ0n) is 3.80. The number of rotatable bonds is 2. The van der Waals surface area contributed by atoms with Gasteiger partial charge in [-0.2, -0.15) is 10.4 Å². The molecule has 0 heterocycles. The van der Waals surface area contributed by atoms with Crippen molar-refractivity contribution in [3.05, 3.63) is 0 Å². The van der Waals surface area contributed by atoms with Gasteiger partial charge in [0.1, 0.15) is 0 Å². The van der Waals surface area contributed by atoms with Crippen molar-refractivity contribution >= 4 is 0 Å². The standard InChI is InChI=1S/C2H8N2O2/c1-3-6-4(2)5/h3,5H,1-2H3. The first-order valence-corrected chi connectivity index (χ1v) is 1.53. The van der Waals surface area contributed by atoms with Crippen molar-refractivity contribution in [1.29, 1.82) is 0 Å². The lowest BCUT2D eigenvalue weighted by molar-refractivity contribution is -0.351. The Kier molecular flexibility index (Phi) is 2.97. The molecule has 0 amide bonds. The number of nitrogens with zero attached hydrogens (tertiary/aromatic N) is 1. The van der Waals surface area contributed by atoms with E-state index < -0.39 is 0 Å². The molecule has 0 aromatic heterocycles. The van der Waals surface area contributed by atoms with Gasteiger partial charge in [0.25, 0.3) is 0 Å². The minimum atomic E-state index is 0.569. The van der Waals surface area contributed by atoms with Gasteiger partial charge in [-0.05, 0) is 0 Å². The molecule has 0 saturated carbocycles. The third-order valence-corrected chi connectivity index (χ3v) is 0.223. The van der Waals surface area contributed by atoms with Crippen LogP contribution in [0.1, 0.15) is 0 Å². The molecule has 4 heteroatoms. The molecule has 4 nitrogen and oxygen atoms in total. The molecule has 0 aliphatic carbocycles. The van der Waals surface area contributed by atoms with Gasteiger partial charge in [-0.25, -0.2) is 0 Å². The molecule has 0 bridgehead atoms. The zero-order valence-corrected chi connectivity index (χ0v) is 3.80. The van der Waals surface area contributed by atoms with Crippen molar-refractivity contribution in [3.8, 4) is 0 Å². The summed E-state index contributed by atoms with van der Waals surface area (Å²) in [5, 5.41) is 8.67. The predicted octanol–water partition coefficient (Wildman–Crippen LogP) is -0.627. The van der Waals surface area contributed by atoms with Crippen molar-refractivity contribution in [2.45, 2.75) is 0 Å². The lowest BCUT2D eigenvalue weighted by Gasteiger charge is -2.02. The maximum atomic E-state index is 8.10. The Morgan fingerprint density at radius 2 is 2.33 bits per heavy atom. The quantitative estimate of drug-likeness (QED) is 0.445. The SMILES string of the molecule is CNON(C)O. The Morgan fingerprint density at radius 3 is 2.33 bits per heavy atom. The molecule has 0 radical (unpaired) electrons. The highest BCUT2D eigenvalue weighted by molar-refractivity contribution is 3.83. The zero-order chi connectivity index (χ0) is 4.99. The Hall–Kier alpha value is -0.160. The molecular formula is C2H8N2O2. The highest BCUT2D eigenvalue weighted by Gasteiger charge is 1.79. The molecule has 0 aliphatic rings. The van der Waals surface area contributed by atoms with Gasteiger partial charge < -0.3 is 0 Å². The summed E-state index contributed by atoms with van der Waals surface area (Å²) in [7, 11) is 2.91. The van der Waals surface area contributed by atoms with Gasteiger partial charge in [0.15, 0.2) is 0 Å². The monoisotopic (exact) mass is 92.1 g/mol. The molecule has 0 spiro atoms. The van der Waals surface area contributed by atoms with Crippen LogP contribution >= 0.6 is 0 Å². The van der Waals surface area contributed by atoms with Crippen LogP contribution in [0, 0.1) is 0 Å². The molecule has 38 valence electrons. The van der Waals surface area contributed by atoms with E-state index in [0.717, 1.165) is 0 Å². The summed E-state index contributed by atoms with van der Waals surface area (Å²) in [6.07, 6.45) is 0. The van der Waals surface area contributed by atoms with Crippen molar-refractivity contribution in [3.63, 3.8) is 0 Å². The van der Waals surface area contributed by atoms with E-state index in [-0.39, 0.29) is 0 Å². The average Bonchev–Trinajstić information content (AvgIpc) is 1.35. The molecule has 6 heavy (non-hydrogen) atoms. The van der Waals surface area contributed by atoms with Crippen LogP contribution in [-0.2, 0) is 4.94 Å². The molecule has 0 unspecified atom stereocenters. The first-order valence-electron chi connectivity index (χ1n) is 1.53. The number of hydrogen-bond acceptors (Lipinski definition) is 4. The van der Waals surface area contributed by atoms with Gasteiger partial charge in [0.2, 0.25) is 0 Å². The average molecular weight is 92.1 g/mol. The molecule has 0 aliphatic heterocycles. The molecule has 0 fully saturated rings. The number of hydroxylamine groups is 3. The smallest absolute Gasteiger partial charge is 0.0421 e. The molecule has 0 rings (SSSR count). The van der Waals surface area contributed by atoms with E-state index in [0.29, 0.717) is 5.23 Å². The minimum Gasteiger partial charge on any atom is -0.288 e. The lowest BCUT2D eigenvalue weighted by Crippen LogP contribution is -2.21. The van der Waals surface area contributed by atoms with Crippen LogP contribution in [0.3, 0.4) is 0 Å². The fourth-order valence-electron chi connectivity index (χ4n) is 0.132. The third-order valence-electron chi connectivity index (χ3n) is 0.223. The Bertz CT molecular complexity index is 30.7. The number of nitrogens with one attached hydrogen (secondary N) is 1. The summed E-state index contributed by atoms with van der Waals surface area (Å²) in [6.45, 7) is 0. The second-order valence-corrected chi connectivity index (χ2v) is 0.760. The van der Waals surface area contributed by atoms with Crippen molar-refractivity contribution in [2.24, 2.45) is 0 Å². The summed E-state index contributed by atoms with van der Waals surface area (Å²) < 4.78 is 0. The van der Waals surface area contributed by atoms with E-state index in [1.165, 1.54) is 7.05 Å². The maximum absolute atomic E-state index is 8.10. The molecule has 0 aromatic carbocycles. The van der Waals surface area contributed by atoms with Crippen LogP contribution in [-0.4, -0.2) is 24.5 Å². The summed E-state index contributed by atoms with van der Waals surface area (Å²) in [4.78, 5) is 4.18. The lowest BCUT2D eigenvalue weighted by atomic mass is 11.5. The van der Waals surface area contributed by atoms with Gasteiger partial charge in [-0.15, -0.1) is 0 Å². The second-order valence-electron chi connectivity index (χ2n) is 0.760. The van der Waals surface area contributed by atoms with Crippen LogP contribution in [0.4, 0.5) is 0 Å². The third kappa shape index (κ3) is 3.84.